The summed E-state index contributed by atoms with van der Waals surface area (Å²) >= 11 is 0. The Morgan fingerprint density at radius 3 is 3.00 bits per heavy atom. The quantitative estimate of drug-likeness (QED) is 0.707. The summed E-state index contributed by atoms with van der Waals surface area (Å²) in [6, 6.07) is 6.46. The van der Waals surface area contributed by atoms with Crippen molar-refractivity contribution in [2.45, 2.75) is 13.1 Å². The van der Waals surface area contributed by atoms with E-state index in [2.05, 4.69) is 41.4 Å². The molecule has 0 aromatic heterocycles. The molecule has 1 aliphatic rings. The summed E-state index contributed by atoms with van der Waals surface area (Å²) in [5.74, 6) is 2.57. The fourth-order valence-corrected chi connectivity index (χ4v) is 1.83. The van der Waals surface area contributed by atoms with E-state index >= 15 is 0 Å². The van der Waals surface area contributed by atoms with Crippen molar-refractivity contribution in [2.75, 3.05) is 18.9 Å². The van der Waals surface area contributed by atoms with Gasteiger partial charge in [0, 0.05) is 18.8 Å². The summed E-state index contributed by atoms with van der Waals surface area (Å²) in [5.41, 5.74) is 3.96. The Hall–Kier alpha value is -1.46. The summed E-state index contributed by atoms with van der Waals surface area (Å²) in [6.45, 7) is 2.69. The van der Waals surface area contributed by atoms with Crippen molar-refractivity contribution < 1.29 is 0 Å². The van der Waals surface area contributed by atoms with Crippen molar-refractivity contribution in [2.24, 2.45) is 0 Å². The standard InChI is InChI=1S/C12H14N2/c1-3-6-13-12-5-4-10-8-14(2)9-11(10)7-12/h1,4-5,7,13H,6,8-9H2,2H3. The van der Waals surface area contributed by atoms with Crippen LogP contribution in [0.5, 0.6) is 0 Å². The maximum atomic E-state index is 5.19. The highest BCUT2D eigenvalue weighted by atomic mass is 15.1. The summed E-state index contributed by atoms with van der Waals surface area (Å²) < 4.78 is 0. The van der Waals surface area contributed by atoms with E-state index in [1.807, 2.05) is 0 Å². The van der Waals surface area contributed by atoms with Crippen molar-refractivity contribution in [3.63, 3.8) is 0 Å². The second-order valence-electron chi connectivity index (χ2n) is 3.71. The number of anilines is 1. The Kier molecular flexibility index (Phi) is 2.43. The number of fused-ring (bicyclic) bond motifs is 1. The number of benzene rings is 1. The van der Waals surface area contributed by atoms with Crippen LogP contribution in [0.2, 0.25) is 0 Å². The Morgan fingerprint density at radius 2 is 2.21 bits per heavy atom. The second kappa shape index (κ2) is 3.73. The zero-order valence-electron chi connectivity index (χ0n) is 8.38. The number of hydrogen-bond acceptors (Lipinski definition) is 2. The lowest BCUT2D eigenvalue weighted by atomic mass is 10.1. The van der Waals surface area contributed by atoms with Crippen molar-refractivity contribution >= 4 is 5.69 Å². The first-order valence-corrected chi connectivity index (χ1v) is 4.77. The van der Waals surface area contributed by atoms with Gasteiger partial charge in [-0.25, -0.2) is 0 Å². The molecule has 0 unspecified atom stereocenters. The largest absolute Gasteiger partial charge is 0.374 e. The van der Waals surface area contributed by atoms with Gasteiger partial charge in [0.25, 0.3) is 0 Å². The third-order valence-electron chi connectivity index (χ3n) is 2.48. The lowest BCUT2D eigenvalue weighted by Gasteiger charge is -2.04. The van der Waals surface area contributed by atoms with E-state index in [-0.39, 0.29) is 0 Å². The highest BCUT2D eigenvalue weighted by molar-refractivity contribution is 5.50. The molecule has 2 rings (SSSR count). The molecule has 1 aromatic rings. The van der Waals surface area contributed by atoms with Gasteiger partial charge in [-0.3, -0.25) is 4.90 Å². The lowest BCUT2D eigenvalue weighted by molar-refractivity contribution is 0.353. The van der Waals surface area contributed by atoms with E-state index in [0.29, 0.717) is 6.54 Å². The van der Waals surface area contributed by atoms with Crippen molar-refractivity contribution in [3.8, 4) is 12.3 Å². The van der Waals surface area contributed by atoms with Crippen LogP contribution in [0.1, 0.15) is 11.1 Å². The van der Waals surface area contributed by atoms with E-state index in [0.717, 1.165) is 18.8 Å². The Balaban J connectivity index is 2.17. The maximum Gasteiger partial charge on any atom is 0.0763 e. The van der Waals surface area contributed by atoms with Crippen LogP contribution in [0.3, 0.4) is 0 Å². The molecule has 0 amide bonds. The molecule has 0 atom stereocenters. The smallest absolute Gasteiger partial charge is 0.0763 e. The molecule has 1 aliphatic heterocycles. The molecule has 0 fully saturated rings. The van der Waals surface area contributed by atoms with Gasteiger partial charge < -0.3 is 5.32 Å². The van der Waals surface area contributed by atoms with Gasteiger partial charge in [-0.1, -0.05) is 12.0 Å². The van der Waals surface area contributed by atoms with Crippen molar-refractivity contribution in [3.05, 3.63) is 29.3 Å². The van der Waals surface area contributed by atoms with E-state index in [1.54, 1.807) is 0 Å². The highest BCUT2D eigenvalue weighted by Gasteiger charge is 2.14. The van der Waals surface area contributed by atoms with Crippen molar-refractivity contribution in [1.82, 2.24) is 4.90 Å². The molecular formula is C12H14N2. The number of rotatable bonds is 2. The molecule has 1 N–H and O–H groups in total. The van der Waals surface area contributed by atoms with Crippen LogP contribution in [0.25, 0.3) is 0 Å². The molecule has 0 spiro atoms. The van der Waals surface area contributed by atoms with Gasteiger partial charge >= 0.3 is 0 Å². The molecule has 2 heteroatoms. The average Bonchev–Trinajstić information content (AvgIpc) is 2.54. The van der Waals surface area contributed by atoms with Gasteiger partial charge in [0.05, 0.1) is 6.54 Å². The normalized spacial score (nSPS) is 14.9. The van der Waals surface area contributed by atoms with Gasteiger partial charge in [0.1, 0.15) is 0 Å². The van der Waals surface area contributed by atoms with Crippen LogP contribution in [0.4, 0.5) is 5.69 Å². The molecule has 1 heterocycles. The maximum absolute atomic E-state index is 5.19. The van der Waals surface area contributed by atoms with Crippen LogP contribution in [-0.4, -0.2) is 18.5 Å². The molecule has 0 saturated carbocycles. The van der Waals surface area contributed by atoms with Crippen molar-refractivity contribution in [1.29, 1.82) is 0 Å². The van der Waals surface area contributed by atoms with Crippen LogP contribution < -0.4 is 5.32 Å². The molecule has 0 radical (unpaired) electrons. The van der Waals surface area contributed by atoms with E-state index in [1.165, 1.54) is 11.1 Å². The van der Waals surface area contributed by atoms with Crippen LogP contribution in [-0.2, 0) is 13.1 Å². The van der Waals surface area contributed by atoms with E-state index in [9.17, 15) is 0 Å². The molecule has 0 bridgehead atoms. The SMILES string of the molecule is C#CCNc1ccc2c(c1)CN(C)C2. The van der Waals surface area contributed by atoms with Crippen LogP contribution in [0, 0.1) is 12.3 Å². The lowest BCUT2D eigenvalue weighted by Crippen LogP contribution is -2.07. The fraction of sp³-hybridized carbons (Fsp3) is 0.333. The van der Waals surface area contributed by atoms with Gasteiger partial charge in [-0.15, -0.1) is 6.42 Å². The molecule has 1 aromatic carbocycles. The van der Waals surface area contributed by atoms with Crippen LogP contribution >= 0.6 is 0 Å². The Labute approximate surface area is 84.9 Å². The number of hydrogen-bond donors (Lipinski definition) is 1. The fourth-order valence-electron chi connectivity index (χ4n) is 1.83. The second-order valence-corrected chi connectivity index (χ2v) is 3.71. The highest BCUT2D eigenvalue weighted by Crippen LogP contribution is 2.24. The van der Waals surface area contributed by atoms with Gasteiger partial charge in [-0.2, -0.15) is 0 Å². The van der Waals surface area contributed by atoms with Crippen LogP contribution in [0.15, 0.2) is 18.2 Å². The molecule has 0 saturated heterocycles. The van der Waals surface area contributed by atoms with E-state index < -0.39 is 0 Å². The topological polar surface area (TPSA) is 15.3 Å². The average molecular weight is 186 g/mol. The van der Waals surface area contributed by atoms with E-state index in [4.69, 9.17) is 6.42 Å². The first-order chi connectivity index (χ1) is 6.79. The monoisotopic (exact) mass is 186 g/mol. The summed E-state index contributed by atoms with van der Waals surface area (Å²) in [5, 5.41) is 3.18. The molecule has 2 nitrogen and oxygen atoms in total. The third-order valence-corrected chi connectivity index (χ3v) is 2.48. The zero-order chi connectivity index (χ0) is 9.97. The Bertz CT molecular complexity index is 376. The first-order valence-electron chi connectivity index (χ1n) is 4.77. The summed E-state index contributed by atoms with van der Waals surface area (Å²) in [4.78, 5) is 2.30. The third kappa shape index (κ3) is 1.73. The minimum Gasteiger partial charge on any atom is -0.374 e. The minimum atomic E-state index is 0.592. The van der Waals surface area contributed by atoms with Gasteiger partial charge in [0.2, 0.25) is 0 Å². The molecule has 0 aliphatic carbocycles. The predicted octanol–water partition coefficient (Wildman–Crippen LogP) is 1.68. The number of nitrogens with zero attached hydrogens (tertiary/aromatic N) is 1. The first kappa shape index (κ1) is 9.11. The number of terminal acetylenes is 1. The molecular weight excluding hydrogens is 172 g/mol. The van der Waals surface area contributed by atoms with Gasteiger partial charge in [0.15, 0.2) is 0 Å². The summed E-state index contributed by atoms with van der Waals surface area (Å²) in [6.07, 6.45) is 5.19. The molecule has 14 heavy (non-hydrogen) atoms. The van der Waals surface area contributed by atoms with Gasteiger partial charge in [-0.05, 0) is 30.3 Å². The number of nitrogens with one attached hydrogen (secondary N) is 1. The molecule has 72 valence electrons. The minimum absolute atomic E-state index is 0.592. The predicted molar refractivity (Wildman–Crippen MR) is 58.9 cm³/mol. The summed E-state index contributed by atoms with van der Waals surface area (Å²) in [7, 11) is 2.13. The zero-order valence-corrected chi connectivity index (χ0v) is 8.38. The Morgan fingerprint density at radius 1 is 1.43 bits per heavy atom.